The monoisotopic (exact) mass is 348 g/mol. The van der Waals surface area contributed by atoms with Gasteiger partial charge in [0, 0.05) is 30.3 Å². The molecule has 0 unspecified atom stereocenters. The van der Waals surface area contributed by atoms with Crippen LogP contribution in [0.15, 0.2) is 41.4 Å². The van der Waals surface area contributed by atoms with E-state index in [9.17, 15) is 0 Å². The van der Waals surface area contributed by atoms with Crippen LogP contribution in [0.3, 0.4) is 0 Å². The van der Waals surface area contributed by atoms with Crippen LogP contribution in [-0.2, 0) is 0 Å². The Morgan fingerprint density at radius 3 is 2.76 bits per heavy atom. The zero-order valence-electron chi connectivity index (χ0n) is 11.5. The molecule has 108 valence electrons. The number of imidazole rings is 1. The first-order valence-corrected chi connectivity index (χ1v) is 6.99. The number of benzene rings is 1. The summed E-state index contributed by atoms with van der Waals surface area (Å²) in [6, 6.07) is 5.58. The number of nitrogens with one attached hydrogen (secondary N) is 1. The zero-order valence-corrected chi connectivity index (χ0v) is 13.1. The van der Waals surface area contributed by atoms with Crippen molar-refractivity contribution in [2.24, 2.45) is 0 Å². The van der Waals surface area contributed by atoms with Gasteiger partial charge in [-0.15, -0.1) is 0 Å². The van der Waals surface area contributed by atoms with Gasteiger partial charge in [0.25, 0.3) is 0 Å². The Morgan fingerprint density at radius 1 is 1.19 bits per heavy atom. The van der Waals surface area contributed by atoms with Gasteiger partial charge >= 0.3 is 0 Å². The Labute approximate surface area is 129 Å². The largest absolute Gasteiger partial charge is 0.493 e. The summed E-state index contributed by atoms with van der Waals surface area (Å²) in [4.78, 5) is 8.71. The summed E-state index contributed by atoms with van der Waals surface area (Å²) >= 11 is 3.39. The molecule has 2 aromatic heterocycles. The Morgan fingerprint density at radius 2 is 2.00 bits per heavy atom. The predicted octanol–water partition coefficient (Wildman–Crippen LogP) is 3.25. The Kier molecular flexibility index (Phi) is 3.66. The van der Waals surface area contributed by atoms with Crippen molar-refractivity contribution in [1.82, 2.24) is 14.4 Å². The van der Waals surface area contributed by atoms with Crippen molar-refractivity contribution in [3.05, 3.63) is 41.4 Å². The zero-order chi connectivity index (χ0) is 14.8. The molecule has 0 fully saturated rings. The first-order chi connectivity index (χ1) is 10.2. The van der Waals surface area contributed by atoms with Crippen LogP contribution in [0.25, 0.3) is 5.65 Å². The number of hydrogen-bond acceptors (Lipinski definition) is 5. The Bertz CT molecular complexity index is 788. The van der Waals surface area contributed by atoms with E-state index < -0.39 is 0 Å². The third kappa shape index (κ3) is 2.64. The maximum absolute atomic E-state index is 5.30. The number of methoxy groups -OCH3 is 2. The first-order valence-electron chi connectivity index (χ1n) is 6.19. The van der Waals surface area contributed by atoms with Gasteiger partial charge in [-0.2, -0.15) is 0 Å². The van der Waals surface area contributed by atoms with Crippen molar-refractivity contribution in [3.63, 3.8) is 0 Å². The molecule has 0 aliphatic rings. The Hall–Kier alpha value is -2.28. The number of rotatable bonds is 4. The third-order valence-corrected chi connectivity index (χ3v) is 3.37. The van der Waals surface area contributed by atoms with Crippen molar-refractivity contribution in [1.29, 1.82) is 0 Å². The van der Waals surface area contributed by atoms with Gasteiger partial charge in [0.15, 0.2) is 23.0 Å². The second-order valence-electron chi connectivity index (χ2n) is 4.27. The summed E-state index contributed by atoms with van der Waals surface area (Å²) in [6.45, 7) is 0. The fourth-order valence-electron chi connectivity index (χ4n) is 2.04. The third-order valence-electron chi connectivity index (χ3n) is 2.99. The topological polar surface area (TPSA) is 60.7 Å². The summed E-state index contributed by atoms with van der Waals surface area (Å²) in [7, 11) is 3.21. The highest BCUT2D eigenvalue weighted by molar-refractivity contribution is 9.10. The van der Waals surface area contributed by atoms with E-state index in [0.717, 1.165) is 15.9 Å². The fourth-order valence-corrected chi connectivity index (χ4v) is 2.43. The van der Waals surface area contributed by atoms with E-state index in [1.54, 1.807) is 20.4 Å². The van der Waals surface area contributed by atoms with Crippen molar-refractivity contribution in [3.8, 4) is 11.5 Å². The predicted molar refractivity (Wildman–Crippen MR) is 83.5 cm³/mol. The van der Waals surface area contributed by atoms with E-state index in [-0.39, 0.29) is 0 Å². The molecule has 0 saturated heterocycles. The van der Waals surface area contributed by atoms with Crippen LogP contribution in [0.5, 0.6) is 11.5 Å². The van der Waals surface area contributed by atoms with Crippen molar-refractivity contribution < 1.29 is 9.47 Å². The molecule has 0 aliphatic heterocycles. The highest BCUT2D eigenvalue weighted by atomic mass is 79.9. The molecule has 0 amide bonds. The number of anilines is 2. The molecule has 0 bridgehead atoms. The van der Waals surface area contributed by atoms with Gasteiger partial charge in [-0.1, -0.05) is 0 Å². The van der Waals surface area contributed by atoms with E-state index in [1.807, 2.05) is 35.0 Å². The first kappa shape index (κ1) is 13.7. The molecule has 0 atom stereocenters. The highest BCUT2D eigenvalue weighted by Crippen LogP contribution is 2.31. The van der Waals surface area contributed by atoms with Gasteiger partial charge in [-0.05, 0) is 28.1 Å². The molecule has 6 nitrogen and oxygen atoms in total. The van der Waals surface area contributed by atoms with Crippen molar-refractivity contribution in [2.75, 3.05) is 19.5 Å². The van der Waals surface area contributed by atoms with E-state index in [0.29, 0.717) is 17.3 Å². The molecule has 1 N–H and O–H groups in total. The summed E-state index contributed by atoms with van der Waals surface area (Å²) in [5, 5.41) is 3.24. The lowest BCUT2D eigenvalue weighted by Gasteiger charge is -2.11. The van der Waals surface area contributed by atoms with Crippen molar-refractivity contribution >= 4 is 33.1 Å². The minimum absolute atomic E-state index is 0.650. The standard InChI is InChI=1S/C14H13BrN4O2/c1-20-10-4-3-9(7-11(10)21-2)17-13-14-16-5-6-19(14)8-12(15)18-13/h3-8H,1-2H3,(H,17,18). The normalized spacial score (nSPS) is 10.6. The molecule has 0 radical (unpaired) electrons. The van der Waals surface area contributed by atoms with Crippen LogP contribution < -0.4 is 14.8 Å². The number of halogens is 1. The van der Waals surface area contributed by atoms with Crippen LogP contribution in [0, 0.1) is 0 Å². The average molecular weight is 349 g/mol. The lowest BCUT2D eigenvalue weighted by molar-refractivity contribution is 0.355. The Balaban J connectivity index is 2.00. The lowest BCUT2D eigenvalue weighted by Crippen LogP contribution is -1.99. The van der Waals surface area contributed by atoms with Gasteiger partial charge in [-0.25, -0.2) is 9.97 Å². The summed E-state index contributed by atoms with van der Waals surface area (Å²) in [5.74, 6) is 1.98. The molecule has 1 aromatic carbocycles. The van der Waals surface area contributed by atoms with Crippen LogP contribution in [0.2, 0.25) is 0 Å². The van der Waals surface area contributed by atoms with E-state index in [2.05, 4.69) is 31.2 Å². The lowest BCUT2D eigenvalue weighted by atomic mass is 10.2. The van der Waals surface area contributed by atoms with E-state index >= 15 is 0 Å². The maximum Gasteiger partial charge on any atom is 0.180 e. The van der Waals surface area contributed by atoms with Gasteiger partial charge in [0.1, 0.15) is 4.60 Å². The molecule has 2 heterocycles. The summed E-state index contributed by atoms with van der Waals surface area (Å²) < 4.78 is 13.1. The molecule has 3 rings (SSSR count). The molecule has 0 saturated carbocycles. The van der Waals surface area contributed by atoms with Crippen LogP contribution in [-0.4, -0.2) is 28.6 Å². The van der Waals surface area contributed by atoms with Gasteiger partial charge in [0.2, 0.25) is 0 Å². The van der Waals surface area contributed by atoms with Crippen LogP contribution >= 0.6 is 15.9 Å². The highest BCUT2D eigenvalue weighted by Gasteiger charge is 2.09. The second kappa shape index (κ2) is 5.61. The summed E-state index contributed by atoms with van der Waals surface area (Å²) in [6.07, 6.45) is 5.44. The second-order valence-corrected chi connectivity index (χ2v) is 5.08. The SMILES string of the molecule is COc1ccc(Nc2nc(Br)cn3ccnc23)cc1OC. The van der Waals surface area contributed by atoms with Crippen molar-refractivity contribution in [2.45, 2.75) is 0 Å². The minimum Gasteiger partial charge on any atom is -0.493 e. The van der Waals surface area contributed by atoms with Crippen LogP contribution in [0.1, 0.15) is 0 Å². The number of nitrogens with zero attached hydrogens (tertiary/aromatic N) is 3. The molecule has 0 spiro atoms. The van der Waals surface area contributed by atoms with E-state index in [4.69, 9.17) is 9.47 Å². The molecular formula is C14H13BrN4O2. The van der Waals surface area contributed by atoms with Gasteiger partial charge in [-0.3, -0.25) is 0 Å². The number of hydrogen-bond donors (Lipinski definition) is 1. The fraction of sp³-hybridized carbons (Fsp3) is 0.143. The summed E-state index contributed by atoms with van der Waals surface area (Å²) in [5.41, 5.74) is 1.58. The number of ether oxygens (including phenoxy) is 2. The average Bonchev–Trinajstić information content (AvgIpc) is 2.95. The number of aromatic nitrogens is 3. The smallest absolute Gasteiger partial charge is 0.180 e. The van der Waals surface area contributed by atoms with E-state index in [1.165, 1.54) is 0 Å². The maximum atomic E-state index is 5.30. The molecule has 0 aliphatic carbocycles. The molecular weight excluding hydrogens is 336 g/mol. The van der Waals surface area contributed by atoms with Gasteiger partial charge < -0.3 is 19.2 Å². The minimum atomic E-state index is 0.650. The number of fused-ring (bicyclic) bond motifs is 1. The van der Waals surface area contributed by atoms with Gasteiger partial charge in [0.05, 0.1) is 14.2 Å². The molecule has 7 heteroatoms. The quantitative estimate of drug-likeness (QED) is 0.784. The molecule has 3 aromatic rings. The molecule has 21 heavy (non-hydrogen) atoms. The van der Waals surface area contributed by atoms with Crippen LogP contribution in [0.4, 0.5) is 11.5 Å².